The summed E-state index contributed by atoms with van der Waals surface area (Å²) >= 11 is 0. The SMILES string of the molecule is C[C@H]1CC(=O)CCN1C. The second kappa shape index (κ2) is 2.48. The summed E-state index contributed by atoms with van der Waals surface area (Å²) < 4.78 is 0. The van der Waals surface area contributed by atoms with E-state index in [1.54, 1.807) is 0 Å². The van der Waals surface area contributed by atoms with Crippen LogP contribution in [0.3, 0.4) is 0 Å². The number of carbonyl (C=O) groups is 1. The van der Waals surface area contributed by atoms with Gasteiger partial charge in [0.05, 0.1) is 0 Å². The highest BCUT2D eigenvalue weighted by Crippen LogP contribution is 2.10. The van der Waals surface area contributed by atoms with Gasteiger partial charge in [-0.2, -0.15) is 0 Å². The van der Waals surface area contributed by atoms with E-state index in [0.717, 1.165) is 19.4 Å². The quantitative estimate of drug-likeness (QED) is 0.476. The summed E-state index contributed by atoms with van der Waals surface area (Å²) in [6.07, 6.45) is 1.50. The zero-order valence-electron chi connectivity index (χ0n) is 6.05. The molecule has 1 fully saturated rings. The van der Waals surface area contributed by atoms with Gasteiger partial charge in [-0.05, 0) is 14.0 Å². The molecule has 0 unspecified atom stereocenters. The van der Waals surface area contributed by atoms with Crippen molar-refractivity contribution >= 4 is 5.78 Å². The molecule has 0 aromatic heterocycles. The maximum Gasteiger partial charge on any atom is 0.135 e. The fourth-order valence-electron chi connectivity index (χ4n) is 1.11. The number of nitrogens with zero attached hydrogens (tertiary/aromatic N) is 1. The van der Waals surface area contributed by atoms with Gasteiger partial charge in [0.2, 0.25) is 0 Å². The van der Waals surface area contributed by atoms with Crippen LogP contribution in [0, 0.1) is 0 Å². The molecular formula is C7H13NO. The molecule has 0 spiro atoms. The standard InChI is InChI=1S/C7H13NO/c1-6-5-7(9)3-4-8(6)2/h6H,3-5H2,1-2H3/t6-/m0/s1. The third kappa shape index (κ3) is 1.52. The predicted molar refractivity (Wildman–Crippen MR) is 36.3 cm³/mol. The Morgan fingerprint density at radius 3 is 2.78 bits per heavy atom. The molecule has 1 aliphatic rings. The van der Waals surface area contributed by atoms with Crippen molar-refractivity contribution in [3.8, 4) is 0 Å². The summed E-state index contributed by atoms with van der Waals surface area (Å²) in [6.45, 7) is 3.04. The number of ketones is 1. The van der Waals surface area contributed by atoms with Gasteiger partial charge in [0.15, 0.2) is 0 Å². The van der Waals surface area contributed by atoms with Crippen LogP contribution in [0.4, 0.5) is 0 Å². The van der Waals surface area contributed by atoms with Gasteiger partial charge >= 0.3 is 0 Å². The fourth-order valence-corrected chi connectivity index (χ4v) is 1.11. The summed E-state index contributed by atoms with van der Waals surface area (Å²) in [7, 11) is 2.07. The molecule has 1 saturated heterocycles. The molecule has 2 nitrogen and oxygen atoms in total. The molecule has 9 heavy (non-hydrogen) atoms. The Hall–Kier alpha value is -0.370. The first-order valence-electron chi connectivity index (χ1n) is 3.42. The van der Waals surface area contributed by atoms with Gasteiger partial charge in [-0.1, -0.05) is 0 Å². The topological polar surface area (TPSA) is 20.3 Å². The highest BCUT2D eigenvalue weighted by atomic mass is 16.1. The molecule has 52 valence electrons. The van der Waals surface area contributed by atoms with Crippen LogP contribution in [0.15, 0.2) is 0 Å². The molecule has 2 heteroatoms. The largest absolute Gasteiger partial charge is 0.303 e. The highest BCUT2D eigenvalue weighted by Gasteiger charge is 2.19. The minimum absolute atomic E-state index is 0.417. The van der Waals surface area contributed by atoms with E-state index in [-0.39, 0.29) is 0 Å². The number of Topliss-reactive ketones (excluding diaryl/α,β-unsaturated/α-hetero) is 1. The lowest BCUT2D eigenvalue weighted by atomic mass is 10.0. The molecule has 0 aromatic carbocycles. The summed E-state index contributed by atoms with van der Waals surface area (Å²) in [5, 5.41) is 0. The van der Waals surface area contributed by atoms with E-state index in [2.05, 4.69) is 18.9 Å². The van der Waals surface area contributed by atoms with Crippen LogP contribution in [0.5, 0.6) is 0 Å². The van der Waals surface area contributed by atoms with E-state index < -0.39 is 0 Å². The van der Waals surface area contributed by atoms with E-state index in [0.29, 0.717) is 11.8 Å². The molecule has 0 aliphatic carbocycles. The Bertz CT molecular complexity index is 122. The zero-order chi connectivity index (χ0) is 6.85. The number of carbonyl (C=O) groups excluding carboxylic acids is 1. The smallest absolute Gasteiger partial charge is 0.135 e. The summed E-state index contributed by atoms with van der Waals surface area (Å²) in [5.74, 6) is 0.417. The molecule has 0 N–H and O–H groups in total. The van der Waals surface area contributed by atoms with Gasteiger partial charge in [-0.3, -0.25) is 4.79 Å². The van der Waals surface area contributed by atoms with E-state index >= 15 is 0 Å². The van der Waals surface area contributed by atoms with Crippen molar-refractivity contribution in [2.75, 3.05) is 13.6 Å². The van der Waals surface area contributed by atoms with Crippen molar-refractivity contribution < 1.29 is 4.79 Å². The Balaban J connectivity index is 2.44. The first-order valence-corrected chi connectivity index (χ1v) is 3.42. The fraction of sp³-hybridized carbons (Fsp3) is 0.857. The molecule has 0 saturated carbocycles. The lowest BCUT2D eigenvalue weighted by Crippen LogP contribution is -2.37. The molecular weight excluding hydrogens is 114 g/mol. The first kappa shape index (κ1) is 6.75. The Morgan fingerprint density at radius 2 is 2.33 bits per heavy atom. The Kier molecular flexibility index (Phi) is 1.86. The molecule has 1 aliphatic heterocycles. The van der Waals surface area contributed by atoms with Crippen molar-refractivity contribution in [3.63, 3.8) is 0 Å². The summed E-state index contributed by atoms with van der Waals surface area (Å²) in [5.41, 5.74) is 0. The summed E-state index contributed by atoms with van der Waals surface area (Å²) in [6, 6.07) is 0.464. The van der Waals surface area contributed by atoms with Crippen molar-refractivity contribution in [2.24, 2.45) is 0 Å². The molecule has 1 rings (SSSR count). The van der Waals surface area contributed by atoms with E-state index in [1.165, 1.54) is 0 Å². The zero-order valence-corrected chi connectivity index (χ0v) is 6.05. The molecule has 0 radical (unpaired) electrons. The van der Waals surface area contributed by atoms with Gasteiger partial charge < -0.3 is 4.90 Å². The average molecular weight is 127 g/mol. The molecule has 1 atom stereocenters. The normalized spacial score (nSPS) is 30.9. The lowest BCUT2D eigenvalue weighted by molar-refractivity contribution is -0.122. The van der Waals surface area contributed by atoms with Crippen molar-refractivity contribution in [2.45, 2.75) is 25.8 Å². The number of hydrogen-bond donors (Lipinski definition) is 0. The molecule has 0 bridgehead atoms. The van der Waals surface area contributed by atoms with Crippen LogP contribution in [0.2, 0.25) is 0 Å². The Morgan fingerprint density at radius 1 is 1.67 bits per heavy atom. The number of likely N-dealkylation sites (tertiary alicyclic amines) is 1. The number of hydrogen-bond acceptors (Lipinski definition) is 2. The third-order valence-electron chi connectivity index (χ3n) is 2.02. The van der Waals surface area contributed by atoms with Gasteiger partial charge in [-0.25, -0.2) is 0 Å². The highest BCUT2D eigenvalue weighted by molar-refractivity contribution is 5.79. The monoisotopic (exact) mass is 127 g/mol. The molecule has 1 heterocycles. The number of piperidine rings is 1. The third-order valence-corrected chi connectivity index (χ3v) is 2.02. The van der Waals surface area contributed by atoms with E-state index in [9.17, 15) is 4.79 Å². The van der Waals surface area contributed by atoms with Crippen molar-refractivity contribution in [3.05, 3.63) is 0 Å². The average Bonchev–Trinajstić information content (AvgIpc) is 1.80. The number of rotatable bonds is 0. The maximum atomic E-state index is 10.8. The van der Waals surface area contributed by atoms with Crippen LogP contribution in [0.25, 0.3) is 0 Å². The maximum absolute atomic E-state index is 10.8. The Labute approximate surface area is 55.8 Å². The predicted octanol–water partition coefficient (Wildman–Crippen LogP) is 0.670. The van der Waals surface area contributed by atoms with Gasteiger partial charge in [0, 0.05) is 25.4 Å². The minimum atomic E-state index is 0.417. The molecule has 0 aromatic rings. The van der Waals surface area contributed by atoms with Crippen LogP contribution < -0.4 is 0 Å². The first-order chi connectivity index (χ1) is 4.20. The second-order valence-corrected chi connectivity index (χ2v) is 2.82. The van der Waals surface area contributed by atoms with Gasteiger partial charge in [-0.15, -0.1) is 0 Å². The van der Waals surface area contributed by atoms with E-state index in [4.69, 9.17) is 0 Å². The van der Waals surface area contributed by atoms with Gasteiger partial charge in [0.25, 0.3) is 0 Å². The summed E-state index contributed by atoms with van der Waals surface area (Å²) in [4.78, 5) is 13.0. The second-order valence-electron chi connectivity index (χ2n) is 2.82. The van der Waals surface area contributed by atoms with Crippen LogP contribution >= 0.6 is 0 Å². The van der Waals surface area contributed by atoms with Crippen LogP contribution in [-0.2, 0) is 4.79 Å². The lowest BCUT2D eigenvalue weighted by Gasteiger charge is -2.28. The molecule has 0 amide bonds. The van der Waals surface area contributed by atoms with Crippen LogP contribution in [0.1, 0.15) is 19.8 Å². The van der Waals surface area contributed by atoms with Gasteiger partial charge in [0.1, 0.15) is 5.78 Å². The van der Waals surface area contributed by atoms with Crippen molar-refractivity contribution in [1.82, 2.24) is 4.90 Å². The van der Waals surface area contributed by atoms with Crippen LogP contribution in [-0.4, -0.2) is 30.3 Å². The van der Waals surface area contributed by atoms with E-state index in [1.807, 2.05) is 0 Å². The minimum Gasteiger partial charge on any atom is -0.303 e. The van der Waals surface area contributed by atoms with Crippen molar-refractivity contribution in [1.29, 1.82) is 0 Å².